The van der Waals surface area contributed by atoms with Crippen LogP contribution in [0.4, 0.5) is 4.39 Å². The molecule has 5 nitrogen and oxygen atoms in total. The van der Waals surface area contributed by atoms with Crippen LogP contribution in [0.3, 0.4) is 0 Å². The van der Waals surface area contributed by atoms with Gasteiger partial charge in [0.05, 0.1) is 5.75 Å². The van der Waals surface area contributed by atoms with Crippen LogP contribution in [0.1, 0.15) is 24.0 Å². The van der Waals surface area contributed by atoms with Crippen LogP contribution in [-0.4, -0.2) is 46.2 Å². The molecule has 0 spiro atoms. The Morgan fingerprint density at radius 3 is 2.60 bits per heavy atom. The van der Waals surface area contributed by atoms with Gasteiger partial charge >= 0.3 is 0 Å². The summed E-state index contributed by atoms with van der Waals surface area (Å²) in [6, 6.07) is 4.81. The number of nitrogens with zero attached hydrogens (tertiary/aromatic N) is 1. The number of hydrogen-bond acceptors (Lipinski definition) is 4. The van der Waals surface area contributed by atoms with Crippen LogP contribution in [0.5, 0.6) is 0 Å². The Hall–Kier alpha value is -1.28. The number of guanidine groups is 1. The lowest BCUT2D eigenvalue weighted by Gasteiger charge is -2.18. The number of halogens is 1. The Balaban J connectivity index is 1.91. The van der Waals surface area contributed by atoms with E-state index in [1.807, 2.05) is 6.26 Å². The molecule has 140 valence electrons. The molecule has 0 amide bonds. The van der Waals surface area contributed by atoms with Crippen LogP contribution >= 0.6 is 11.8 Å². The Morgan fingerprint density at radius 1 is 1.32 bits per heavy atom. The summed E-state index contributed by atoms with van der Waals surface area (Å²) in [6.45, 7) is 1.12. The second-order valence-electron chi connectivity index (χ2n) is 6.70. The molecule has 8 heteroatoms. The molecular weight excluding hydrogens is 361 g/mol. The number of rotatable bonds is 8. The number of benzene rings is 1. The Morgan fingerprint density at radius 2 is 2.04 bits per heavy atom. The van der Waals surface area contributed by atoms with E-state index in [0.717, 1.165) is 29.7 Å². The number of thioether (sulfide) groups is 1. The monoisotopic (exact) mass is 387 g/mol. The van der Waals surface area contributed by atoms with Crippen molar-refractivity contribution in [2.45, 2.75) is 25.1 Å². The lowest BCUT2D eigenvalue weighted by Crippen LogP contribution is -2.41. The number of hydrogen-bond donors (Lipinski definition) is 2. The summed E-state index contributed by atoms with van der Waals surface area (Å²) >= 11 is 1.65. The zero-order chi connectivity index (χ0) is 18.5. The first-order chi connectivity index (χ1) is 11.8. The molecule has 1 aromatic carbocycles. The zero-order valence-electron chi connectivity index (χ0n) is 14.9. The molecule has 0 radical (unpaired) electrons. The average Bonchev–Trinajstić information content (AvgIpc) is 3.27. The molecule has 0 unspecified atom stereocenters. The summed E-state index contributed by atoms with van der Waals surface area (Å²) in [5.74, 6) is 1.35. The first-order valence-corrected chi connectivity index (χ1v) is 11.6. The van der Waals surface area contributed by atoms with Crippen molar-refractivity contribution in [1.82, 2.24) is 10.6 Å². The highest BCUT2D eigenvalue weighted by Gasteiger charge is 2.45. The highest BCUT2D eigenvalue weighted by molar-refractivity contribution is 7.97. The van der Waals surface area contributed by atoms with Gasteiger partial charge in [-0.05, 0) is 42.4 Å². The summed E-state index contributed by atoms with van der Waals surface area (Å²) in [6.07, 6.45) is 5.10. The van der Waals surface area contributed by atoms with E-state index in [1.165, 1.54) is 12.3 Å². The molecule has 0 heterocycles. The van der Waals surface area contributed by atoms with Crippen LogP contribution in [0.2, 0.25) is 0 Å². The van der Waals surface area contributed by atoms with E-state index in [4.69, 9.17) is 0 Å². The van der Waals surface area contributed by atoms with E-state index in [-0.39, 0.29) is 17.0 Å². The second-order valence-corrected chi connectivity index (χ2v) is 9.70. The normalized spacial score (nSPS) is 16.6. The standard InChI is InChI=1S/C17H26FN3O2S2/c1-19-16(21-11-17(6-7-17)12-25(3,22)23)20-9-13-4-5-15(18)8-14(13)10-24-2/h4-5,8H,6-7,9-12H2,1-3H3,(H2,19,20,21). The maximum Gasteiger partial charge on any atom is 0.191 e. The fourth-order valence-electron chi connectivity index (χ4n) is 2.83. The van der Waals surface area contributed by atoms with E-state index in [2.05, 4.69) is 15.6 Å². The van der Waals surface area contributed by atoms with Crippen molar-refractivity contribution in [2.75, 3.05) is 31.9 Å². The minimum atomic E-state index is -2.98. The van der Waals surface area contributed by atoms with Gasteiger partial charge in [-0.15, -0.1) is 0 Å². The number of nitrogens with one attached hydrogen (secondary N) is 2. The molecule has 0 saturated heterocycles. The zero-order valence-corrected chi connectivity index (χ0v) is 16.6. The predicted octanol–water partition coefficient (Wildman–Crippen LogP) is 2.18. The van der Waals surface area contributed by atoms with E-state index < -0.39 is 9.84 Å². The Labute approximate surface area is 153 Å². The van der Waals surface area contributed by atoms with Crippen molar-refractivity contribution in [3.05, 3.63) is 35.1 Å². The summed E-state index contributed by atoms with van der Waals surface area (Å²) < 4.78 is 36.5. The van der Waals surface area contributed by atoms with Gasteiger partial charge < -0.3 is 10.6 Å². The van der Waals surface area contributed by atoms with Gasteiger partial charge in [0.2, 0.25) is 0 Å². The molecule has 0 bridgehead atoms. The molecule has 1 fully saturated rings. The topological polar surface area (TPSA) is 70.6 Å². The molecule has 1 aliphatic carbocycles. The molecule has 2 N–H and O–H groups in total. The molecule has 1 aliphatic rings. The maximum atomic E-state index is 13.4. The first-order valence-electron chi connectivity index (χ1n) is 8.15. The highest BCUT2D eigenvalue weighted by atomic mass is 32.2. The highest BCUT2D eigenvalue weighted by Crippen LogP contribution is 2.45. The fraction of sp³-hybridized carbons (Fsp3) is 0.588. The van der Waals surface area contributed by atoms with Crippen LogP contribution in [0, 0.1) is 11.2 Å². The maximum absolute atomic E-state index is 13.4. The molecule has 1 saturated carbocycles. The molecule has 2 rings (SSSR count). The van der Waals surface area contributed by atoms with Gasteiger partial charge in [0.15, 0.2) is 5.96 Å². The summed E-state index contributed by atoms with van der Waals surface area (Å²) in [7, 11) is -1.30. The SMILES string of the molecule is CN=C(NCc1ccc(F)cc1CSC)NCC1(CS(C)(=O)=O)CC1. The second kappa shape index (κ2) is 8.40. The third-order valence-corrected chi connectivity index (χ3v) is 6.03. The summed E-state index contributed by atoms with van der Waals surface area (Å²) in [4.78, 5) is 4.19. The minimum Gasteiger partial charge on any atom is -0.356 e. The van der Waals surface area contributed by atoms with Crippen LogP contribution < -0.4 is 10.6 Å². The largest absolute Gasteiger partial charge is 0.356 e. The van der Waals surface area contributed by atoms with E-state index in [9.17, 15) is 12.8 Å². The third kappa shape index (κ3) is 6.51. The van der Waals surface area contributed by atoms with Gasteiger partial charge in [0.25, 0.3) is 0 Å². The van der Waals surface area contributed by atoms with Crippen LogP contribution in [0.15, 0.2) is 23.2 Å². The minimum absolute atomic E-state index is 0.162. The van der Waals surface area contributed by atoms with Crippen molar-refractivity contribution < 1.29 is 12.8 Å². The van der Waals surface area contributed by atoms with Gasteiger partial charge in [-0.1, -0.05) is 6.07 Å². The van der Waals surface area contributed by atoms with Crippen molar-refractivity contribution in [3.8, 4) is 0 Å². The van der Waals surface area contributed by atoms with Crippen molar-refractivity contribution in [3.63, 3.8) is 0 Å². The van der Waals surface area contributed by atoms with Crippen molar-refractivity contribution >= 4 is 27.6 Å². The average molecular weight is 388 g/mol. The lowest BCUT2D eigenvalue weighted by atomic mass is 10.1. The van der Waals surface area contributed by atoms with Gasteiger partial charge in [0, 0.05) is 37.6 Å². The molecule has 25 heavy (non-hydrogen) atoms. The van der Waals surface area contributed by atoms with Gasteiger partial charge in [-0.25, -0.2) is 12.8 Å². The van der Waals surface area contributed by atoms with Gasteiger partial charge in [-0.3, -0.25) is 4.99 Å². The number of sulfone groups is 1. The summed E-state index contributed by atoms with van der Waals surface area (Å²) in [5, 5.41) is 6.45. The van der Waals surface area contributed by atoms with Gasteiger partial charge in [-0.2, -0.15) is 11.8 Å². The first kappa shape index (κ1) is 20.0. The molecule has 0 aromatic heterocycles. The predicted molar refractivity (Wildman–Crippen MR) is 103 cm³/mol. The quantitative estimate of drug-likeness (QED) is 0.528. The molecule has 0 atom stereocenters. The lowest BCUT2D eigenvalue weighted by molar-refractivity contribution is 0.529. The fourth-order valence-corrected chi connectivity index (χ4v) is 4.92. The molecule has 0 aliphatic heterocycles. The number of aliphatic imine (C=N–C) groups is 1. The van der Waals surface area contributed by atoms with Crippen molar-refractivity contribution in [1.29, 1.82) is 0 Å². The van der Waals surface area contributed by atoms with Gasteiger partial charge in [0.1, 0.15) is 15.7 Å². The van der Waals surface area contributed by atoms with E-state index >= 15 is 0 Å². The Kier molecular flexibility index (Phi) is 6.73. The van der Waals surface area contributed by atoms with E-state index in [1.54, 1.807) is 30.9 Å². The van der Waals surface area contributed by atoms with Crippen molar-refractivity contribution in [2.24, 2.45) is 10.4 Å². The third-order valence-electron chi connectivity index (χ3n) is 4.29. The van der Waals surface area contributed by atoms with Crippen LogP contribution in [-0.2, 0) is 22.1 Å². The molecule has 1 aromatic rings. The smallest absolute Gasteiger partial charge is 0.191 e. The molecular formula is C17H26FN3O2S2. The summed E-state index contributed by atoms with van der Waals surface area (Å²) in [5.41, 5.74) is 1.83. The van der Waals surface area contributed by atoms with Crippen LogP contribution in [0.25, 0.3) is 0 Å². The Bertz CT molecular complexity index is 731. The van der Waals surface area contributed by atoms with E-state index in [0.29, 0.717) is 19.0 Å².